The van der Waals surface area contributed by atoms with E-state index >= 15 is 0 Å². The van der Waals surface area contributed by atoms with E-state index in [1.807, 2.05) is 72.5 Å². The molecule has 0 amide bonds. The van der Waals surface area contributed by atoms with Crippen LogP contribution in [0.2, 0.25) is 0 Å². The van der Waals surface area contributed by atoms with E-state index in [9.17, 15) is 9.59 Å². The van der Waals surface area contributed by atoms with Gasteiger partial charge < -0.3 is 14.4 Å². The largest absolute Gasteiger partial charge is 0.462 e. The van der Waals surface area contributed by atoms with E-state index in [0.29, 0.717) is 12.1 Å². The number of ether oxygens (including phenoxy) is 2. The van der Waals surface area contributed by atoms with Crippen molar-refractivity contribution in [3.05, 3.63) is 123 Å². The van der Waals surface area contributed by atoms with Crippen LogP contribution >= 0.6 is 15.9 Å². The molecule has 0 aliphatic carbocycles. The molecule has 0 saturated heterocycles. The van der Waals surface area contributed by atoms with Crippen molar-refractivity contribution in [1.29, 1.82) is 0 Å². The molecular formula is C33H34BrNO4. The van der Waals surface area contributed by atoms with Crippen LogP contribution in [-0.4, -0.2) is 42.6 Å². The zero-order valence-corrected chi connectivity index (χ0v) is 24.4. The molecule has 1 aliphatic rings. The lowest BCUT2D eigenvalue weighted by atomic mass is 9.68. The van der Waals surface area contributed by atoms with Crippen molar-refractivity contribution in [3.63, 3.8) is 0 Å². The topological polar surface area (TPSA) is 55.8 Å². The minimum atomic E-state index is -0.729. The molecule has 202 valence electrons. The molecule has 0 radical (unpaired) electrons. The van der Waals surface area contributed by atoms with Crippen LogP contribution in [-0.2, 0) is 24.5 Å². The summed E-state index contributed by atoms with van der Waals surface area (Å²) in [5, 5.41) is 0. The summed E-state index contributed by atoms with van der Waals surface area (Å²) < 4.78 is 12.1. The Labute approximate surface area is 239 Å². The standard InChI is InChI=1S/C33H34BrNO4/c1-5-35-23(4)33(25-14-10-8-11-15-25,26-16-12-9-13-17-26)22-28(24-18-20-27(34)21-19-24)29(31(36)38-6-2)30(35)32(37)39-7-3/h8-23H,5-7H2,1-4H3. The lowest BCUT2D eigenvalue weighted by Crippen LogP contribution is -2.49. The first-order valence-corrected chi connectivity index (χ1v) is 14.1. The summed E-state index contributed by atoms with van der Waals surface area (Å²) in [5.41, 5.74) is 3.21. The molecule has 0 saturated carbocycles. The van der Waals surface area contributed by atoms with Crippen molar-refractivity contribution in [3.8, 4) is 0 Å². The van der Waals surface area contributed by atoms with Crippen molar-refractivity contribution in [1.82, 2.24) is 4.90 Å². The molecule has 39 heavy (non-hydrogen) atoms. The van der Waals surface area contributed by atoms with E-state index in [0.717, 1.165) is 21.2 Å². The smallest absolute Gasteiger partial charge is 0.355 e. The number of halogens is 1. The van der Waals surface area contributed by atoms with Gasteiger partial charge in [0.2, 0.25) is 0 Å². The van der Waals surface area contributed by atoms with E-state index in [1.54, 1.807) is 13.8 Å². The van der Waals surface area contributed by atoms with Gasteiger partial charge in [-0.2, -0.15) is 0 Å². The van der Waals surface area contributed by atoms with Gasteiger partial charge in [-0.15, -0.1) is 0 Å². The van der Waals surface area contributed by atoms with Gasteiger partial charge in [0.25, 0.3) is 0 Å². The van der Waals surface area contributed by atoms with Gasteiger partial charge in [-0.3, -0.25) is 0 Å². The minimum Gasteiger partial charge on any atom is -0.462 e. The van der Waals surface area contributed by atoms with Crippen LogP contribution in [0.1, 0.15) is 44.4 Å². The molecule has 0 N–H and O–H groups in total. The van der Waals surface area contributed by atoms with E-state index in [4.69, 9.17) is 9.47 Å². The third-order valence-electron chi connectivity index (χ3n) is 7.24. The second kappa shape index (κ2) is 12.5. The van der Waals surface area contributed by atoms with Gasteiger partial charge in [-0.25, -0.2) is 9.59 Å². The fraction of sp³-hybridized carbons (Fsp3) is 0.273. The Balaban J connectivity index is 2.20. The Bertz CT molecular complexity index is 1320. The highest BCUT2D eigenvalue weighted by molar-refractivity contribution is 9.10. The highest BCUT2D eigenvalue weighted by Crippen LogP contribution is 2.47. The summed E-state index contributed by atoms with van der Waals surface area (Å²) >= 11 is 3.53. The zero-order chi connectivity index (χ0) is 28.0. The SMILES string of the molecule is CCOC(=O)C1=C(C(=O)OCC)N(CC)C(C)C(c2ccccc2)(c2ccccc2)C=C1c1ccc(Br)cc1. The van der Waals surface area contributed by atoms with Gasteiger partial charge in [-0.1, -0.05) is 94.8 Å². The van der Waals surface area contributed by atoms with Crippen molar-refractivity contribution in [2.24, 2.45) is 0 Å². The second-order valence-corrected chi connectivity index (χ2v) is 10.2. The summed E-state index contributed by atoms with van der Waals surface area (Å²) in [4.78, 5) is 29.5. The Morgan fingerprint density at radius 1 is 0.795 bits per heavy atom. The van der Waals surface area contributed by atoms with Crippen LogP contribution in [0, 0.1) is 0 Å². The number of benzene rings is 3. The number of rotatable bonds is 8. The molecule has 1 unspecified atom stereocenters. The van der Waals surface area contributed by atoms with Gasteiger partial charge >= 0.3 is 11.9 Å². The van der Waals surface area contributed by atoms with Crippen molar-refractivity contribution in [2.45, 2.75) is 39.2 Å². The Morgan fingerprint density at radius 2 is 1.31 bits per heavy atom. The van der Waals surface area contributed by atoms with Crippen LogP contribution < -0.4 is 0 Å². The quantitative estimate of drug-likeness (QED) is 0.268. The minimum absolute atomic E-state index is 0.177. The second-order valence-electron chi connectivity index (χ2n) is 9.29. The molecule has 0 bridgehead atoms. The molecule has 4 rings (SSSR count). The molecular weight excluding hydrogens is 554 g/mol. The first-order valence-electron chi connectivity index (χ1n) is 13.3. The summed E-state index contributed by atoms with van der Waals surface area (Å²) in [6, 6.07) is 28.0. The molecule has 1 aliphatic heterocycles. The maximum absolute atomic E-state index is 13.8. The Morgan fingerprint density at radius 3 is 1.79 bits per heavy atom. The summed E-state index contributed by atoms with van der Waals surface area (Å²) in [6.45, 7) is 8.46. The fourth-order valence-electron chi connectivity index (χ4n) is 5.49. The summed E-state index contributed by atoms with van der Waals surface area (Å²) in [5.74, 6) is -1.11. The molecule has 5 nitrogen and oxygen atoms in total. The van der Waals surface area contributed by atoms with Gasteiger partial charge in [0, 0.05) is 17.1 Å². The van der Waals surface area contributed by atoms with Crippen molar-refractivity contribution >= 4 is 33.4 Å². The molecule has 1 atom stereocenters. The van der Waals surface area contributed by atoms with E-state index in [2.05, 4.69) is 53.2 Å². The highest BCUT2D eigenvalue weighted by Gasteiger charge is 2.47. The first-order chi connectivity index (χ1) is 18.9. The van der Waals surface area contributed by atoms with Crippen LogP contribution in [0.25, 0.3) is 5.57 Å². The average Bonchev–Trinajstić information content (AvgIpc) is 3.07. The third kappa shape index (κ3) is 5.44. The Hall–Kier alpha value is -3.64. The molecule has 0 spiro atoms. The number of hydrogen-bond donors (Lipinski definition) is 0. The molecule has 0 aromatic heterocycles. The third-order valence-corrected chi connectivity index (χ3v) is 7.77. The number of esters is 2. The maximum Gasteiger partial charge on any atom is 0.355 e. The summed E-state index contributed by atoms with van der Waals surface area (Å²) in [6.07, 6.45) is 2.15. The Kier molecular flexibility index (Phi) is 9.08. The van der Waals surface area contributed by atoms with Gasteiger partial charge in [0.1, 0.15) is 5.70 Å². The van der Waals surface area contributed by atoms with Crippen LogP contribution in [0.3, 0.4) is 0 Å². The van der Waals surface area contributed by atoms with Crippen LogP contribution in [0.5, 0.6) is 0 Å². The molecule has 3 aromatic rings. The van der Waals surface area contributed by atoms with E-state index in [-0.39, 0.29) is 30.5 Å². The van der Waals surface area contributed by atoms with Gasteiger partial charge in [0.15, 0.2) is 0 Å². The lowest BCUT2D eigenvalue weighted by molar-refractivity contribution is -0.143. The number of hydrogen-bond acceptors (Lipinski definition) is 5. The van der Waals surface area contributed by atoms with Gasteiger partial charge in [0.05, 0.1) is 24.2 Å². The van der Waals surface area contributed by atoms with Crippen molar-refractivity contribution < 1.29 is 19.1 Å². The maximum atomic E-state index is 13.8. The first kappa shape index (κ1) is 28.4. The lowest BCUT2D eigenvalue weighted by Gasteiger charge is -2.44. The molecule has 0 fully saturated rings. The number of carbonyl (C=O) groups excluding carboxylic acids is 2. The van der Waals surface area contributed by atoms with Crippen molar-refractivity contribution in [2.75, 3.05) is 19.8 Å². The van der Waals surface area contributed by atoms with Gasteiger partial charge in [-0.05, 0) is 62.1 Å². The van der Waals surface area contributed by atoms with Crippen LogP contribution in [0.4, 0.5) is 0 Å². The molecule has 3 aromatic carbocycles. The molecule has 1 heterocycles. The summed E-state index contributed by atoms with van der Waals surface area (Å²) in [7, 11) is 0. The average molecular weight is 589 g/mol. The molecule has 6 heteroatoms. The normalized spacial score (nSPS) is 16.8. The number of nitrogens with zero attached hydrogens (tertiary/aromatic N) is 1. The zero-order valence-electron chi connectivity index (χ0n) is 22.8. The van der Waals surface area contributed by atoms with E-state index < -0.39 is 17.4 Å². The van der Waals surface area contributed by atoms with E-state index in [1.165, 1.54) is 0 Å². The number of carbonyl (C=O) groups is 2. The predicted octanol–water partition coefficient (Wildman–Crippen LogP) is 6.92. The highest BCUT2D eigenvalue weighted by atomic mass is 79.9. The predicted molar refractivity (Wildman–Crippen MR) is 158 cm³/mol. The monoisotopic (exact) mass is 587 g/mol. The number of likely N-dealkylation sites (N-methyl/N-ethyl adjacent to an activating group) is 1. The fourth-order valence-corrected chi connectivity index (χ4v) is 5.76. The van der Waals surface area contributed by atoms with Crippen LogP contribution in [0.15, 0.2) is 107 Å².